The van der Waals surface area contributed by atoms with Crippen LogP contribution >= 0.6 is 0 Å². The molecule has 47 heavy (non-hydrogen) atoms. The molecule has 5 aromatic rings. The Balaban J connectivity index is 0.000000337. The van der Waals surface area contributed by atoms with Gasteiger partial charge >= 0.3 is 20.1 Å². The molecule has 1 unspecified atom stereocenters. The van der Waals surface area contributed by atoms with E-state index < -0.39 is 45.2 Å². The van der Waals surface area contributed by atoms with Crippen molar-refractivity contribution in [2.75, 3.05) is 0 Å². The fraction of sp³-hybridized carbons (Fsp3) is 0.250. The average Bonchev–Trinajstić information content (AvgIpc) is 3.67. The topological polar surface area (TPSA) is 89.7 Å². The van der Waals surface area contributed by atoms with Crippen LogP contribution in [0.3, 0.4) is 0 Å². The molecule has 0 N–H and O–H groups in total. The van der Waals surface area contributed by atoms with E-state index in [0.29, 0.717) is 22.6 Å². The van der Waals surface area contributed by atoms with Gasteiger partial charge in [-0.1, -0.05) is 81.5 Å². The zero-order valence-electron chi connectivity index (χ0n) is 40.6. The van der Waals surface area contributed by atoms with Crippen LogP contribution < -0.4 is 0 Å². The molecule has 0 radical (unpaired) electrons. The second-order valence-electron chi connectivity index (χ2n) is 11.4. The summed E-state index contributed by atoms with van der Waals surface area (Å²) in [5, 5.41) is 22.2. The average molecular weight is 812 g/mol. The number of benzene rings is 3. The molecule has 1 aliphatic heterocycles. The number of nitriles is 1. The summed E-state index contributed by atoms with van der Waals surface area (Å²) in [6.07, 6.45) is 5.52. The molecule has 1 atom stereocenters. The number of allylic oxidation sites excluding steroid dienone is 2. The Morgan fingerprint density at radius 1 is 0.915 bits per heavy atom. The first-order valence-corrected chi connectivity index (χ1v) is 14.1. The second-order valence-corrected chi connectivity index (χ2v) is 11.4. The Bertz CT molecular complexity index is 2500. The first kappa shape index (κ1) is 19.9. The Labute approximate surface area is 313 Å². The van der Waals surface area contributed by atoms with Gasteiger partial charge in [0.05, 0.1) is 17.2 Å². The minimum Gasteiger partial charge on any atom is -0.683 e. The molecule has 0 aliphatic carbocycles. The fourth-order valence-electron chi connectivity index (χ4n) is 4.36. The quantitative estimate of drug-likeness (QED) is 0.169. The van der Waals surface area contributed by atoms with Gasteiger partial charge in [0.2, 0.25) is 11.8 Å². The van der Waals surface area contributed by atoms with Gasteiger partial charge in [0.15, 0.2) is 0 Å². The Kier molecular flexibility index (Phi) is 6.29. The first-order chi connectivity index (χ1) is 28.0. The van der Waals surface area contributed by atoms with Crippen LogP contribution in [-0.2, 0) is 25.5 Å². The van der Waals surface area contributed by atoms with Crippen LogP contribution in [0.15, 0.2) is 89.1 Å². The van der Waals surface area contributed by atoms with E-state index in [2.05, 4.69) is 38.7 Å². The van der Waals surface area contributed by atoms with E-state index >= 15 is 0 Å². The second kappa shape index (κ2) is 14.9. The van der Waals surface area contributed by atoms with E-state index in [0.717, 1.165) is 12.3 Å². The number of aromatic nitrogens is 3. The summed E-state index contributed by atoms with van der Waals surface area (Å²) in [6.45, 7) is -6.57. The van der Waals surface area contributed by atoms with Gasteiger partial charge in [0.1, 0.15) is 0 Å². The molecule has 2 aromatic heterocycles. The van der Waals surface area contributed by atoms with E-state index in [1.54, 1.807) is 24.3 Å². The molecule has 1 aliphatic rings. The van der Waals surface area contributed by atoms with E-state index in [1.807, 2.05) is 20.8 Å². The summed E-state index contributed by atoms with van der Waals surface area (Å²) in [5.41, 5.74) is 1.38. The van der Waals surface area contributed by atoms with Crippen LogP contribution in [0.4, 0.5) is 0 Å². The van der Waals surface area contributed by atoms with E-state index in [1.165, 1.54) is 42.6 Å². The Morgan fingerprint density at radius 2 is 1.77 bits per heavy atom. The molecule has 3 aromatic carbocycles. The van der Waals surface area contributed by atoms with Gasteiger partial charge in [0.25, 0.3) is 0 Å². The molecule has 238 valence electrons. The molecular formula is C40H38IrN5O. The van der Waals surface area contributed by atoms with Crippen molar-refractivity contribution in [1.29, 1.82) is 5.26 Å². The third-order valence-corrected chi connectivity index (χ3v) is 6.87. The maximum atomic E-state index is 9.91. The molecule has 0 spiro atoms. The van der Waals surface area contributed by atoms with Crippen molar-refractivity contribution >= 4 is 0 Å². The van der Waals surface area contributed by atoms with Crippen LogP contribution in [0.25, 0.3) is 39.2 Å². The monoisotopic (exact) mass is 812 g/mol. The predicted octanol–water partition coefficient (Wildman–Crippen LogP) is 10.0. The van der Waals surface area contributed by atoms with Crippen LogP contribution in [-0.4, -0.2) is 15.2 Å². The number of nitrogens with zero attached hydrogens (tertiary/aromatic N) is 5. The third-order valence-electron chi connectivity index (χ3n) is 6.87. The number of aryl methyl sites for hydroxylation is 4. The van der Waals surface area contributed by atoms with Crippen LogP contribution in [0.1, 0.15) is 93.5 Å². The Morgan fingerprint density at radius 3 is 2.40 bits per heavy atom. The molecule has 7 heteroatoms. The number of rotatable bonds is 4. The number of pyridine rings is 1. The van der Waals surface area contributed by atoms with Crippen LogP contribution in [0, 0.1) is 50.9 Å². The van der Waals surface area contributed by atoms with Gasteiger partial charge in [-0.15, -0.1) is 39.5 Å². The maximum absolute atomic E-state index is 9.91. The molecular weight excluding hydrogens is 759 g/mol. The van der Waals surface area contributed by atoms with Gasteiger partial charge in [0, 0.05) is 32.2 Å². The van der Waals surface area contributed by atoms with Crippen molar-refractivity contribution in [2.24, 2.45) is 0 Å². The Hall–Kier alpha value is -4.63. The smallest absolute Gasteiger partial charge is 0.683 e. The molecule has 0 saturated carbocycles. The van der Waals surface area contributed by atoms with Crippen molar-refractivity contribution in [1.82, 2.24) is 15.2 Å². The van der Waals surface area contributed by atoms with Gasteiger partial charge in [-0.3, -0.25) is 0 Å². The van der Waals surface area contributed by atoms with Crippen molar-refractivity contribution < 1.29 is 45.1 Å². The molecule has 0 amide bonds. The van der Waals surface area contributed by atoms with E-state index in [4.69, 9.17) is 25.0 Å². The van der Waals surface area contributed by atoms with Crippen molar-refractivity contribution in [3.05, 3.63) is 141 Å². The molecule has 0 saturated heterocycles. The molecule has 3 heterocycles. The minimum atomic E-state index is -2.73. The van der Waals surface area contributed by atoms with Crippen molar-refractivity contribution in [2.45, 2.75) is 66.5 Å². The summed E-state index contributed by atoms with van der Waals surface area (Å²) in [7, 11) is 0. The normalized spacial score (nSPS) is 19.8. The predicted molar refractivity (Wildman–Crippen MR) is 184 cm³/mol. The number of hydrogen-bond acceptors (Lipinski definition) is 5. The molecule has 0 bridgehead atoms. The van der Waals surface area contributed by atoms with Crippen LogP contribution in [0.5, 0.6) is 0 Å². The molecule has 6 rings (SSSR count). The van der Waals surface area contributed by atoms with Crippen LogP contribution in [0.2, 0.25) is 0 Å². The van der Waals surface area contributed by atoms with Gasteiger partial charge in [-0.05, 0) is 49.5 Å². The zero-order valence-corrected chi connectivity index (χ0v) is 28.0. The standard InChI is InChI=1S/C27H25N4O.C13H13N.Ir/c1-16-7-8-20(24-11-17(2)18(3)15-29-24)13-23(16)19-9-10-22(21(12-19)14-28)25-30-31-26(32-25)27(4,5)6;1-10-3-6-12(7-4-10)13-8-5-11(2)9-14-13;/h7,9-13,15H,1-6H3;3-6,8-9,13H,1-2H3;/q-1;-2;+3/i1D3,2D3,3D3;1D3,2D3;. The van der Waals surface area contributed by atoms with E-state index in [9.17, 15) is 5.26 Å². The SMILES string of the molecule is [2H]C([2H])([2H])C1=C[N-]C(c2[c-]cc(C([2H])([2H])[2H])cc2)C=C1.[2H]C([2H])([2H])c1c[c-]c(-c2cc(C([2H])([2H])[2H])c(C([2H])([2H])[2H])cn2)cc1-c1ccc(-c2nnc(C(C)(C)C)o2)c(C#N)c1.[Ir+3]. The summed E-state index contributed by atoms with van der Waals surface area (Å²) in [5.74, 6) is 0.536. The van der Waals surface area contributed by atoms with E-state index in [-0.39, 0.29) is 76.7 Å². The maximum Gasteiger partial charge on any atom is 3.00 e. The summed E-state index contributed by atoms with van der Waals surface area (Å²) in [6, 6.07) is 20.7. The van der Waals surface area contributed by atoms with Gasteiger partial charge in [-0.2, -0.15) is 46.9 Å². The third kappa shape index (κ3) is 8.40. The van der Waals surface area contributed by atoms with Gasteiger partial charge in [-0.25, -0.2) is 0 Å². The van der Waals surface area contributed by atoms with Crippen molar-refractivity contribution in [3.8, 4) is 39.9 Å². The molecule has 0 fully saturated rings. The first-order valence-electron chi connectivity index (χ1n) is 21.6. The van der Waals surface area contributed by atoms with Crippen molar-refractivity contribution in [3.63, 3.8) is 0 Å². The minimum absolute atomic E-state index is 0. The zero-order chi connectivity index (χ0) is 45.5. The summed E-state index contributed by atoms with van der Waals surface area (Å²) < 4.78 is 120. The summed E-state index contributed by atoms with van der Waals surface area (Å²) >= 11 is 0. The fourth-order valence-corrected chi connectivity index (χ4v) is 4.36. The number of hydrogen-bond donors (Lipinski definition) is 0. The molecule has 6 nitrogen and oxygen atoms in total. The summed E-state index contributed by atoms with van der Waals surface area (Å²) in [4.78, 5) is 4.16. The van der Waals surface area contributed by atoms with Gasteiger partial charge < -0.3 is 14.7 Å². The largest absolute Gasteiger partial charge is 3.00 e.